The summed E-state index contributed by atoms with van der Waals surface area (Å²) in [5, 5.41) is -0.428. The quantitative estimate of drug-likeness (QED) is 0.488. The van der Waals surface area contributed by atoms with Crippen LogP contribution in [0.15, 0.2) is 40.2 Å². The molecule has 2 heterocycles. The Hall–Kier alpha value is -2.06. The van der Waals surface area contributed by atoms with E-state index >= 15 is 0 Å². The number of likely N-dealkylation sites (tertiary alicyclic amines) is 1. The lowest BCUT2D eigenvalue weighted by atomic mass is 10.2. The predicted molar refractivity (Wildman–Crippen MR) is 108 cm³/mol. The third-order valence-corrected chi connectivity index (χ3v) is 5.64. The first-order valence-electron chi connectivity index (χ1n) is 8.56. The van der Waals surface area contributed by atoms with Gasteiger partial charge in [-0.3, -0.25) is 19.3 Å². The first kappa shape index (κ1) is 19.7. The van der Waals surface area contributed by atoms with Crippen LogP contribution in [0.1, 0.15) is 18.4 Å². The number of hydrogen-bond acceptors (Lipinski definition) is 5. The van der Waals surface area contributed by atoms with E-state index < -0.39 is 11.1 Å². The molecule has 0 aromatic heterocycles. The third kappa shape index (κ3) is 4.62. The molecule has 3 rings (SSSR count). The number of imide groups is 1. The Balaban J connectivity index is 1.78. The minimum Gasteiger partial charge on any atom is -0.489 e. The number of hydrogen-bond donors (Lipinski definition) is 0. The van der Waals surface area contributed by atoms with Crippen LogP contribution in [-0.2, 0) is 9.59 Å². The van der Waals surface area contributed by atoms with Gasteiger partial charge in [0, 0.05) is 23.1 Å². The van der Waals surface area contributed by atoms with Crippen LogP contribution < -0.4 is 4.74 Å². The van der Waals surface area contributed by atoms with E-state index in [9.17, 15) is 14.4 Å². The molecule has 8 heteroatoms. The Kier molecular flexibility index (Phi) is 6.38. The minimum atomic E-state index is -0.452. The lowest BCUT2D eigenvalue weighted by molar-refractivity contribution is -0.135. The zero-order valence-electron chi connectivity index (χ0n) is 14.7. The average molecular weight is 451 g/mol. The van der Waals surface area contributed by atoms with Crippen molar-refractivity contribution in [2.75, 3.05) is 26.2 Å². The highest BCUT2D eigenvalue weighted by Crippen LogP contribution is 2.35. The first-order valence-corrected chi connectivity index (χ1v) is 10.2. The van der Waals surface area contributed by atoms with Gasteiger partial charge < -0.3 is 9.64 Å². The van der Waals surface area contributed by atoms with Crippen molar-refractivity contribution in [3.05, 3.63) is 45.8 Å². The number of halogens is 1. The summed E-state index contributed by atoms with van der Waals surface area (Å²) in [4.78, 5) is 40.2. The van der Waals surface area contributed by atoms with E-state index in [1.54, 1.807) is 23.1 Å². The molecule has 6 nitrogen and oxygen atoms in total. The molecule has 0 N–H and O–H groups in total. The Morgan fingerprint density at radius 2 is 2.04 bits per heavy atom. The third-order valence-electron chi connectivity index (χ3n) is 4.24. The molecular weight excluding hydrogens is 432 g/mol. The summed E-state index contributed by atoms with van der Waals surface area (Å²) in [6.07, 6.45) is 5.17. The molecule has 2 aliphatic rings. The van der Waals surface area contributed by atoms with Gasteiger partial charge in [0.2, 0.25) is 5.91 Å². The second-order valence-electron chi connectivity index (χ2n) is 6.14. The maximum atomic E-state index is 12.7. The van der Waals surface area contributed by atoms with Crippen molar-refractivity contribution in [1.82, 2.24) is 9.80 Å². The lowest BCUT2D eigenvalue weighted by Crippen LogP contribution is -2.40. The fraction of sp³-hybridized carbons (Fsp3) is 0.316. The molecule has 1 aromatic rings. The lowest BCUT2D eigenvalue weighted by Gasteiger charge is -2.18. The van der Waals surface area contributed by atoms with E-state index in [0.29, 0.717) is 31.0 Å². The Bertz CT molecular complexity index is 818. The molecule has 2 saturated heterocycles. The molecule has 142 valence electrons. The maximum absolute atomic E-state index is 12.7. The zero-order valence-corrected chi connectivity index (χ0v) is 17.1. The number of rotatable bonds is 6. The summed E-state index contributed by atoms with van der Waals surface area (Å²) in [5.41, 5.74) is 0.669. The molecule has 0 unspecified atom stereocenters. The number of ether oxygens (including phenoxy) is 1. The second-order valence-corrected chi connectivity index (χ2v) is 8.05. The molecule has 0 aliphatic carbocycles. The molecule has 0 saturated carbocycles. The molecule has 2 fully saturated rings. The summed E-state index contributed by atoms with van der Waals surface area (Å²) >= 11 is 4.24. The molecule has 0 radical (unpaired) electrons. The molecule has 0 spiro atoms. The fourth-order valence-corrected chi connectivity index (χ4v) is 4.10. The van der Waals surface area contributed by atoms with Gasteiger partial charge in [-0.15, -0.1) is 0 Å². The highest BCUT2D eigenvalue weighted by atomic mass is 79.9. The number of benzene rings is 1. The van der Waals surface area contributed by atoms with Crippen molar-refractivity contribution >= 4 is 50.8 Å². The van der Waals surface area contributed by atoms with Gasteiger partial charge in [-0.05, 0) is 48.9 Å². The van der Waals surface area contributed by atoms with E-state index in [2.05, 4.69) is 22.5 Å². The van der Waals surface area contributed by atoms with Crippen LogP contribution in [0.2, 0.25) is 0 Å². The second kappa shape index (κ2) is 8.75. The normalized spacial score (nSPS) is 18.5. The van der Waals surface area contributed by atoms with Crippen LogP contribution in [0.5, 0.6) is 5.75 Å². The van der Waals surface area contributed by atoms with Gasteiger partial charge in [0.25, 0.3) is 11.1 Å². The van der Waals surface area contributed by atoms with E-state index in [-0.39, 0.29) is 17.4 Å². The number of amides is 3. The van der Waals surface area contributed by atoms with Gasteiger partial charge in [-0.25, -0.2) is 0 Å². The summed E-state index contributed by atoms with van der Waals surface area (Å²) in [7, 11) is 0. The SMILES string of the molecule is C=CCOc1ccc(Br)cc1/C=C1/SC(=O)N(CC(=O)N2CCCC2)C1=O. The smallest absolute Gasteiger partial charge is 0.294 e. The van der Waals surface area contributed by atoms with Crippen LogP contribution in [-0.4, -0.2) is 53.1 Å². The van der Waals surface area contributed by atoms with Crippen LogP contribution >= 0.6 is 27.7 Å². The van der Waals surface area contributed by atoms with Gasteiger partial charge in [-0.1, -0.05) is 28.6 Å². The van der Waals surface area contributed by atoms with Crippen LogP contribution in [0.4, 0.5) is 4.79 Å². The Morgan fingerprint density at radius 3 is 2.74 bits per heavy atom. The number of thioether (sulfide) groups is 1. The predicted octanol–water partition coefficient (Wildman–Crippen LogP) is 3.67. The Morgan fingerprint density at radius 1 is 1.30 bits per heavy atom. The number of carbonyl (C=O) groups excluding carboxylic acids is 3. The van der Waals surface area contributed by atoms with Gasteiger partial charge in [0.05, 0.1) is 4.91 Å². The van der Waals surface area contributed by atoms with Gasteiger partial charge >= 0.3 is 0 Å². The maximum Gasteiger partial charge on any atom is 0.294 e. The van der Waals surface area contributed by atoms with Crippen LogP contribution in [0, 0.1) is 0 Å². The van der Waals surface area contributed by atoms with E-state index in [1.807, 2.05) is 12.1 Å². The summed E-state index contributed by atoms with van der Waals surface area (Å²) in [5.74, 6) is -0.0567. The van der Waals surface area contributed by atoms with Gasteiger partial charge in [0.15, 0.2) is 0 Å². The Labute approximate surface area is 170 Å². The van der Waals surface area contributed by atoms with E-state index in [0.717, 1.165) is 34.0 Å². The van der Waals surface area contributed by atoms with Crippen molar-refractivity contribution in [2.45, 2.75) is 12.8 Å². The first-order chi connectivity index (χ1) is 13.0. The van der Waals surface area contributed by atoms with Crippen LogP contribution in [0.25, 0.3) is 6.08 Å². The van der Waals surface area contributed by atoms with Crippen molar-refractivity contribution in [2.24, 2.45) is 0 Å². The van der Waals surface area contributed by atoms with Crippen molar-refractivity contribution < 1.29 is 19.1 Å². The fourth-order valence-electron chi connectivity index (χ4n) is 2.89. The van der Waals surface area contributed by atoms with Crippen molar-refractivity contribution in [3.8, 4) is 5.75 Å². The molecule has 2 aliphatic heterocycles. The van der Waals surface area contributed by atoms with Gasteiger partial charge in [0.1, 0.15) is 18.9 Å². The molecule has 27 heavy (non-hydrogen) atoms. The highest BCUT2D eigenvalue weighted by Gasteiger charge is 2.37. The summed E-state index contributed by atoms with van der Waals surface area (Å²) < 4.78 is 6.43. The molecule has 0 atom stereocenters. The number of carbonyl (C=O) groups is 3. The molecule has 0 bridgehead atoms. The van der Waals surface area contributed by atoms with Crippen LogP contribution in [0.3, 0.4) is 0 Å². The summed E-state index contributed by atoms with van der Waals surface area (Å²) in [6.45, 7) is 5.12. The topological polar surface area (TPSA) is 66.9 Å². The van der Waals surface area contributed by atoms with Gasteiger partial charge in [-0.2, -0.15) is 0 Å². The van der Waals surface area contributed by atoms with E-state index in [1.165, 1.54) is 0 Å². The minimum absolute atomic E-state index is 0.187. The average Bonchev–Trinajstić information content (AvgIpc) is 3.26. The molecule has 3 amide bonds. The zero-order chi connectivity index (χ0) is 19.4. The van der Waals surface area contributed by atoms with Crippen molar-refractivity contribution in [3.63, 3.8) is 0 Å². The van der Waals surface area contributed by atoms with E-state index in [4.69, 9.17) is 4.74 Å². The standard InChI is InChI=1S/C19H19BrN2O4S/c1-2-9-26-15-6-5-14(20)10-13(15)11-16-18(24)22(19(25)27-16)12-17(23)21-7-3-4-8-21/h2,5-6,10-11H,1,3-4,7-9,12H2/b16-11+. The number of nitrogens with zero attached hydrogens (tertiary/aromatic N) is 2. The molecular formula is C19H19BrN2O4S. The monoisotopic (exact) mass is 450 g/mol. The summed E-state index contributed by atoms with van der Waals surface area (Å²) in [6, 6.07) is 5.42. The highest BCUT2D eigenvalue weighted by molar-refractivity contribution is 9.10. The largest absolute Gasteiger partial charge is 0.489 e. The van der Waals surface area contributed by atoms with Crippen molar-refractivity contribution in [1.29, 1.82) is 0 Å². The molecule has 1 aromatic carbocycles.